The summed E-state index contributed by atoms with van der Waals surface area (Å²) in [7, 11) is 0. The molecule has 12 rings (SSSR count). The zero-order valence-corrected chi connectivity index (χ0v) is 33.7. The second-order valence-corrected chi connectivity index (χ2v) is 15.9. The van der Waals surface area contributed by atoms with Crippen LogP contribution in [0.2, 0.25) is 0 Å². The Kier molecular flexibility index (Phi) is 8.49. The van der Waals surface area contributed by atoms with Crippen LogP contribution in [0.4, 0.5) is 0 Å². The second-order valence-electron chi connectivity index (χ2n) is 15.9. The number of aromatic nitrogens is 2. The molecular weight excluding hydrogens is 755 g/mol. The molecule has 9 aromatic carbocycles. The zero-order chi connectivity index (χ0) is 41.0. The Hall–Kier alpha value is -8.28. The fourth-order valence-electron chi connectivity index (χ4n) is 9.20. The van der Waals surface area contributed by atoms with Gasteiger partial charge in [0.15, 0.2) is 5.84 Å². The average molecular weight is 794 g/mol. The Morgan fingerprint density at radius 1 is 0.339 bits per heavy atom. The highest BCUT2D eigenvalue weighted by molar-refractivity contribution is 6.14. The number of aliphatic imine (C=N–C) groups is 2. The first kappa shape index (κ1) is 35.6. The molecule has 0 amide bonds. The summed E-state index contributed by atoms with van der Waals surface area (Å²) in [5.41, 5.74) is 14.8. The summed E-state index contributed by atoms with van der Waals surface area (Å²) in [5, 5.41) is 8.59. The lowest BCUT2D eigenvalue weighted by Gasteiger charge is -2.24. The molecule has 3 heterocycles. The van der Waals surface area contributed by atoms with E-state index in [1.165, 1.54) is 54.7 Å². The van der Waals surface area contributed by atoms with Crippen LogP contribution in [0.25, 0.3) is 77.2 Å². The summed E-state index contributed by atoms with van der Waals surface area (Å²) in [6, 6.07) is 80.0. The Bertz CT molecular complexity index is 3520. The van der Waals surface area contributed by atoms with Gasteiger partial charge in [0.05, 0.1) is 22.1 Å². The topological polar surface area (TPSA) is 46.6 Å². The molecule has 1 aliphatic heterocycles. The molecule has 1 N–H and O–H groups in total. The second kappa shape index (κ2) is 14.8. The number of amidine groups is 2. The van der Waals surface area contributed by atoms with E-state index in [1.54, 1.807) is 0 Å². The molecule has 5 nitrogen and oxygen atoms in total. The van der Waals surface area contributed by atoms with Gasteiger partial charge in [-0.15, -0.1) is 0 Å². The number of rotatable bonds is 7. The van der Waals surface area contributed by atoms with E-state index < -0.39 is 0 Å². The van der Waals surface area contributed by atoms with Crippen molar-refractivity contribution in [1.29, 1.82) is 0 Å². The third-order valence-corrected chi connectivity index (χ3v) is 12.2. The van der Waals surface area contributed by atoms with Gasteiger partial charge in [0.1, 0.15) is 12.0 Å². The highest BCUT2D eigenvalue weighted by atomic mass is 15.2. The van der Waals surface area contributed by atoms with E-state index in [1.807, 2.05) is 24.3 Å². The van der Waals surface area contributed by atoms with E-state index in [4.69, 9.17) is 9.98 Å². The smallest absolute Gasteiger partial charge is 0.159 e. The number of nitrogens with one attached hydrogen (secondary N) is 1. The summed E-state index contributed by atoms with van der Waals surface area (Å²) in [5.74, 6) is 1.52. The zero-order valence-electron chi connectivity index (χ0n) is 33.7. The van der Waals surface area contributed by atoms with Crippen molar-refractivity contribution in [3.05, 3.63) is 241 Å². The van der Waals surface area contributed by atoms with Crippen LogP contribution >= 0.6 is 0 Å². The fourth-order valence-corrected chi connectivity index (χ4v) is 9.20. The van der Waals surface area contributed by atoms with Gasteiger partial charge in [-0.1, -0.05) is 164 Å². The Morgan fingerprint density at radius 2 is 0.855 bits per heavy atom. The molecule has 2 aromatic heterocycles. The molecular formula is C57H39N5. The fraction of sp³-hybridized carbons (Fsp3) is 0.0175. The minimum absolute atomic E-state index is 0.250. The van der Waals surface area contributed by atoms with E-state index in [0.29, 0.717) is 5.84 Å². The van der Waals surface area contributed by atoms with Crippen molar-refractivity contribution in [2.45, 2.75) is 6.17 Å². The molecule has 0 fully saturated rings. The lowest BCUT2D eigenvalue weighted by atomic mass is 10.0. The van der Waals surface area contributed by atoms with Gasteiger partial charge in [0.2, 0.25) is 0 Å². The third-order valence-electron chi connectivity index (χ3n) is 12.2. The lowest BCUT2D eigenvalue weighted by Crippen LogP contribution is -2.33. The normalized spacial score (nSPS) is 14.0. The van der Waals surface area contributed by atoms with Crippen LogP contribution in [-0.4, -0.2) is 20.8 Å². The van der Waals surface area contributed by atoms with Gasteiger partial charge in [-0.2, -0.15) is 0 Å². The van der Waals surface area contributed by atoms with Crippen molar-refractivity contribution < 1.29 is 0 Å². The summed E-state index contributed by atoms with van der Waals surface area (Å²) in [6.45, 7) is 0. The van der Waals surface area contributed by atoms with Crippen molar-refractivity contribution in [3.8, 4) is 33.6 Å². The standard InChI is InChI=1S/C57H39N5/c1-4-15-39(16-5-1)55-58-56(40-17-6-2-7-18-40)60-57(59-55)44-20-14-19-41(35-44)38-27-31-46(32-28-38)61-52-26-13-11-24-48(52)50-36-42(30-34-53(50)61)43-29-33-49-47-23-10-12-25-51(47)62(54(49)37-43)45-21-8-3-9-22-45/h1-37,55H,(H,58,59,60). The van der Waals surface area contributed by atoms with Crippen LogP contribution in [0.15, 0.2) is 234 Å². The first-order valence-corrected chi connectivity index (χ1v) is 21.1. The quantitative estimate of drug-likeness (QED) is 0.172. The summed E-state index contributed by atoms with van der Waals surface area (Å²) in [6.07, 6.45) is -0.250. The SMILES string of the molecule is c1ccc(C2=NC(c3ccccc3)NC(c3cccc(-c4ccc(-n5c6ccccc6c6cc(-c7ccc8c9ccccc9n(-c9ccccc9)c8c7)ccc65)cc4)c3)=N2)cc1. The van der Waals surface area contributed by atoms with Crippen molar-refractivity contribution in [2.75, 3.05) is 0 Å². The largest absolute Gasteiger partial charge is 0.344 e. The number of hydrogen-bond acceptors (Lipinski definition) is 3. The summed E-state index contributed by atoms with van der Waals surface area (Å²) < 4.78 is 4.78. The minimum atomic E-state index is -0.250. The molecule has 11 aromatic rings. The van der Waals surface area contributed by atoms with E-state index in [9.17, 15) is 0 Å². The van der Waals surface area contributed by atoms with Gasteiger partial charge in [0, 0.05) is 44.0 Å². The number of benzene rings is 9. The monoisotopic (exact) mass is 793 g/mol. The molecule has 292 valence electrons. The maximum Gasteiger partial charge on any atom is 0.159 e. The first-order chi connectivity index (χ1) is 30.7. The molecule has 0 aliphatic carbocycles. The maximum atomic E-state index is 5.05. The molecule has 0 radical (unpaired) electrons. The molecule has 1 atom stereocenters. The molecule has 1 aliphatic rings. The van der Waals surface area contributed by atoms with Gasteiger partial charge in [0.25, 0.3) is 0 Å². The van der Waals surface area contributed by atoms with Gasteiger partial charge < -0.3 is 14.5 Å². The molecule has 1 unspecified atom stereocenters. The van der Waals surface area contributed by atoms with Crippen LogP contribution in [-0.2, 0) is 0 Å². The van der Waals surface area contributed by atoms with Gasteiger partial charge in [-0.3, -0.25) is 0 Å². The predicted octanol–water partition coefficient (Wildman–Crippen LogP) is 13.7. The van der Waals surface area contributed by atoms with E-state index in [2.05, 4.69) is 215 Å². The Balaban J connectivity index is 0.900. The van der Waals surface area contributed by atoms with Crippen LogP contribution < -0.4 is 5.32 Å². The third kappa shape index (κ3) is 6.10. The maximum absolute atomic E-state index is 5.05. The average Bonchev–Trinajstić information content (AvgIpc) is 3.87. The molecule has 5 heteroatoms. The van der Waals surface area contributed by atoms with Crippen LogP contribution in [0, 0.1) is 0 Å². The van der Waals surface area contributed by atoms with Gasteiger partial charge in [-0.25, -0.2) is 9.98 Å². The molecule has 0 spiro atoms. The number of fused-ring (bicyclic) bond motifs is 6. The van der Waals surface area contributed by atoms with E-state index in [-0.39, 0.29) is 6.17 Å². The highest BCUT2D eigenvalue weighted by Crippen LogP contribution is 2.38. The minimum Gasteiger partial charge on any atom is -0.344 e. The number of nitrogens with zero attached hydrogens (tertiary/aromatic N) is 4. The van der Waals surface area contributed by atoms with Crippen LogP contribution in [0.1, 0.15) is 22.9 Å². The molecule has 0 bridgehead atoms. The van der Waals surface area contributed by atoms with Crippen LogP contribution in [0.5, 0.6) is 0 Å². The van der Waals surface area contributed by atoms with Crippen LogP contribution in [0.3, 0.4) is 0 Å². The number of hydrogen-bond donors (Lipinski definition) is 1. The van der Waals surface area contributed by atoms with Gasteiger partial charge >= 0.3 is 0 Å². The predicted molar refractivity (Wildman–Crippen MR) is 258 cm³/mol. The van der Waals surface area contributed by atoms with E-state index in [0.717, 1.165) is 45.0 Å². The highest BCUT2D eigenvalue weighted by Gasteiger charge is 2.22. The van der Waals surface area contributed by atoms with Crippen molar-refractivity contribution in [3.63, 3.8) is 0 Å². The van der Waals surface area contributed by atoms with Gasteiger partial charge in [-0.05, 0) is 88.5 Å². The summed E-state index contributed by atoms with van der Waals surface area (Å²) >= 11 is 0. The lowest BCUT2D eigenvalue weighted by molar-refractivity contribution is 0.674. The van der Waals surface area contributed by atoms with Crippen molar-refractivity contribution in [1.82, 2.24) is 14.5 Å². The first-order valence-electron chi connectivity index (χ1n) is 21.1. The molecule has 0 saturated carbocycles. The Labute approximate surface area is 359 Å². The Morgan fingerprint density at radius 3 is 1.61 bits per heavy atom. The van der Waals surface area contributed by atoms with Crippen molar-refractivity contribution in [2.24, 2.45) is 9.98 Å². The molecule has 62 heavy (non-hydrogen) atoms. The number of para-hydroxylation sites is 3. The van der Waals surface area contributed by atoms with Crippen molar-refractivity contribution >= 4 is 55.3 Å². The molecule has 0 saturated heterocycles. The summed E-state index contributed by atoms with van der Waals surface area (Å²) in [4.78, 5) is 10.1. The van der Waals surface area contributed by atoms with E-state index >= 15 is 0 Å².